The van der Waals surface area contributed by atoms with E-state index >= 15 is 0 Å². The molecule has 4 aromatic carbocycles. The molecule has 0 aliphatic heterocycles. The van der Waals surface area contributed by atoms with Crippen LogP contribution in [-0.4, -0.2) is 98.1 Å². The highest BCUT2D eigenvalue weighted by Crippen LogP contribution is 2.42. The number of carbonyl (C=O) groups excluding carboxylic acids is 2. The van der Waals surface area contributed by atoms with Gasteiger partial charge in [-0.2, -0.15) is 13.2 Å². The standard InChI is InChI=1S/C22H28N4O6.C17H18F3NO.3ClH/c27-11-9-23-5-7-25-13-1-2-14(26-8-6-24-10-12-28)18-17(13)21(31)19-15(29)3-4-16(30)20(19)22(18)32;1-21-12-11-16(13-5-3-2-4-6-13)22-15-9-7-14(8-10-15)17(18,19)20;;;/h1-4,23-30H,5-12H2;2-10,16,21H,11-12H2,1H3;3*1H. The number of phenols is 2. The minimum Gasteiger partial charge on any atom is -0.507 e. The number of hydrogen-bond acceptors (Lipinski definition) is 12. The molecule has 18 heteroatoms. The summed E-state index contributed by atoms with van der Waals surface area (Å²) in [6.45, 7) is 3.56. The van der Waals surface area contributed by atoms with Crippen LogP contribution < -0.4 is 31.3 Å². The number of hydrogen-bond donors (Lipinski definition) is 9. The molecule has 1 atom stereocenters. The van der Waals surface area contributed by atoms with E-state index in [2.05, 4.69) is 26.6 Å². The summed E-state index contributed by atoms with van der Waals surface area (Å²) in [6.07, 6.45) is -3.81. The summed E-state index contributed by atoms with van der Waals surface area (Å²) in [5.74, 6) is -1.43. The van der Waals surface area contributed by atoms with Crippen LogP contribution in [0.25, 0.3) is 0 Å². The second kappa shape index (κ2) is 25.1. The summed E-state index contributed by atoms with van der Waals surface area (Å²) in [5, 5.41) is 53.6. The fourth-order valence-corrected chi connectivity index (χ4v) is 5.76. The first-order valence-corrected chi connectivity index (χ1v) is 17.5. The number of rotatable bonds is 18. The maximum atomic E-state index is 13.4. The lowest BCUT2D eigenvalue weighted by molar-refractivity contribution is -0.137. The van der Waals surface area contributed by atoms with Crippen molar-refractivity contribution in [1.29, 1.82) is 0 Å². The molecule has 0 bridgehead atoms. The fourth-order valence-electron chi connectivity index (χ4n) is 5.76. The van der Waals surface area contributed by atoms with E-state index < -0.39 is 23.3 Å². The Labute approximate surface area is 347 Å². The van der Waals surface area contributed by atoms with Crippen molar-refractivity contribution in [2.45, 2.75) is 18.7 Å². The van der Waals surface area contributed by atoms with Crippen LogP contribution in [0.2, 0.25) is 0 Å². The Morgan fingerprint density at radius 2 is 1.09 bits per heavy atom. The zero-order valence-electron chi connectivity index (χ0n) is 31.0. The number of anilines is 2. The molecule has 5 rings (SSSR count). The van der Waals surface area contributed by atoms with Gasteiger partial charge in [-0.15, -0.1) is 37.2 Å². The number of alkyl halides is 3. The predicted octanol–water partition coefficient (Wildman–Crippen LogP) is 5.56. The molecule has 0 heterocycles. The van der Waals surface area contributed by atoms with Crippen LogP contribution in [0.1, 0.15) is 55.5 Å². The largest absolute Gasteiger partial charge is 0.507 e. The van der Waals surface area contributed by atoms with E-state index in [1.807, 2.05) is 37.4 Å². The Hall–Kier alpha value is -4.32. The highest BCUT2D eigenvalue weighted by molar-refractivity contribution is 6.33. The second-order valence-electron chi connectivity index (χ2n) is 12.2. The number of benzene rings is 4. The topological polar surface area (TPSA) is 184 Å². The van der Waals surface area contributed by atoms with Gasteiger partial charge in [-0.05, 0) is 67.7 Å². The molecule has 0 spiro atoms. The van der Waals surface area contributed by atoms with Crippen LogP contribution in [-0.2, 0) is 6.18 Å². The van der Waals surface area contributed by atoms with E-state index in [-0.39, 0.29) is 90.3 Å². The molecular weight excluding hydrogens is 814 g/mol. The summed E-state index contributed by atoms with van der Waals surface area (Å²) in [6, 6.07) is 20.2. The SMILES string of the molecule is CNCCC(Oc1ccc(C(F)(F)F)cc1)c1ccccc1.Cl.Cl.Cl.O=C1c2c(O)ccc(O)c2C(=O)c2c(NCCNCCO)ccc(NCCNCCO)c21. The predicted molar refractivity (Wildman–Crippen MR) is 222 cm³/mol. The number of carbonyl (C=O) groups is 2. The summed E-state index contributed by atoms with van der Waals surface area (Å²) < 4.78 is 43.6. The molecule has 0 aromatic heterocycles. The quantitative estimate of drug-likeness (QED) is 0.0396. The zero-order valence-corrected chi connectivity index (χ0v) is 33.5. The third-order valence-electron chi connectivity index (χ3n) is 8.37. The van der Waals surface area contributed by atoms with Gasteiger partial charge in [0.1, 0.15) is 23.4 Å². The van der Waals surface area contributed by atoms with Crippen molar-refractivity contribution < 1.29 is 47.9 Å². The van der Waals surface area contributed by atoms with Crippen LogP contribution in [0.3, 0.4) is 0 Å². The lowest BCUT2D eigenvalue weighted by Crippen LogP contribution is -2.28. The smallest absolute Gasteiger partial charge is 0.416 e. The van der Waals surface area contributed by atoms with E-state index in [1.165, 1.54) is 24.3 Å². The molecule has 0 fully saturated rings. The molecule has 4 aromatic rings. The Balaban J connectivity index is 0.000000575. The first kappa shape index (κ1) is 50.7. The van der Waals surface area contributed by atoms with E-state index in [9.17, 15) is 33.0 Å². The van der Waals surface area contributed by atoms with E-state index in [0.29, 0.717) is 56.4 Å². The Morgan fingerprint density at radius 1 is 0.614 bits per heavy atom. The molecule has 314 valence electrons. The molecule has 12 nitrogen and oxygen atoms in total. The number of nitrogens with one attached hydrogen (secondary N) is 5. The van der Waals surface area contributed by atoms with Crippen LogP contribution in [0.5, 0.6) is 17.2 Å². The fraction of sp³-hybridized carbons (Fsp3) is 0.333. The summed E-state index contributed by atoms with van der Waals surface area (Å²) in [4.78, 5) is 26.7. The van der Waals surface area contributed by atoms with Crippen LogP contribution >= 0.6 is 37.2 Å². The van der Waals surface area contributed by atoms with Gasteiger partial charge < -0.3 is 51.7 Å². The van der Waals surface area contributed by atoms with Gasteiger partial charge in [0.2, 0.25) is 11.6 Å². The minimum atomic E-state index is -4.33. The molecule has 57 heavy (non-hydrogen) atoms. The number of fused-ring (bicyclic) bond motifs is 2. The molecule has 0 saturated carbocycles. The van der Waals surface area contributed by atoms with E-state index in [4.69, 9.17) is 14.9 Å². The number of ketones is 2. The molecule has 0 amide bonds. The van der Waals surface area contributed by atoms with Gasteiger partial charge in [0, 0.05) is 57.1 Å². The average Bonchev–Trinajstić information content (AvgIpc) is 3.16. The molecule has 1 aliphatic carbocycles. The normalized spacial score (nSPS) is 12.0. The van der Waals surface area contributed by atoms with Crippen molar-refractivity contribution in [3.05, 3.63) is 112 Å². The van der Waals surface area contributed by atoms with Gasteiger partial charge in [-0.25, -0.2) is 0 Å². The average molecular weight is 863 g/mol. The molecule has 1 unspecified atom stereocenters. The Kier molecular flexibility index (Phi) is 22.4. The lowest BCUT2D eigenvalue weighted by Gasteiger charge is -2.25. The molecule has 9 N–H and O–H groups in total. The molecule has 0 saturated heterocycles. The number of phenolic OH excluding ortho intramolecular Hbond substituents is 2. The summed E-state index contributed by atoms with van der Waals surface area (Å²) in [5.41, 5.74) is 1.00. The monoisotopic (exact) mass is 861 g/mol. The van der Waals surface area contributed by atoms with E-state index in [1.54, 1.807) is 12.1 Å². The highest BCUT2D eigenvalue weighted by atomic mass is 35.5. The number of ether oxygens (including phenoxy) is 1. The third kappa shape index (κ3) is 13.9. The summed E-state index contributed by atoms with van der Waals surface area (Å²) in [7, 11) is 1.85. The molecule has 0 radical (unpaired) electrons. The van der Waals surface area contributed by atoms with Crippen molar-refractivity contribution in [2.24, 2.45) is 0 Å². The van der Waals surface area contributed by atoms with Crippen molar-refractivity contribution >= 4 is 60.2 Å². The zero-order chi connectivity index (χ0) is 39.1. The van der Waals surface area contributed by atoms with Crippen molar-refractivity contribution in [1.82, 2.24) is 16.0 Å². The van der Waals surface area contributed by atoms with Gasteiger partial charge >= 0.3 is 6.18 Å². The van der Waals surface area contributed by atoms with Crippen molar-refractivity contribution in [2.75, 3.05) is 76.7 Å². The number of aliphatic hydroxyl groups excluding tert-OH is 2. The third-order valence-corrected chi connectivity index (χ3v) is 8.37. The van der Waals surface area contributed by atoms with E-state index in [0.717, 1.165) is 30.7 Å². The second-order valence-corrected chi connectivity index (χ2v) is 12.2. The minimum absolute atomic E-state index is 0. The van der Waals surface area contributed by atoms with Crippen LogP contribution in [0.4, 0.5) is 24.5 Å². The highest BCUT2D eigenvalue weighted by Gasteiger charge is 2.38. The first-order valence-electron chi connectivity index (χ1n) is 17.5. The van der Waals surface area contributed by atoms with Crippen LogP contribution in [0, 0.1) is 0 Å². The summed E-state index contributed by atoms with van der Waals surface area (Å²) >= 11 is 0. The first-order chi connectivity index (χ1) is 26.0. The number of halogens is 6. The van der Waals surface area contributed by atoms with Gasteiger partial charge in [0.15, 0.2) is 0 Å². The maximum Gasteiger partial charge on any atom is 0.416 e. The van der Waals surface area contributed by atoms with Gasteiger partial charge in [0.25, 0.3) is 0 Å². The van der Waals surface area contributed by atoms with Crippen molar-refractivity contribution in [3.63, 3.8) is 0 Å². The molecule has 1 aliphatic rings. The van der Waals surface area contributed by atoms with Gasteiger partial charge in [0.05, 0.1) is 41.0 Å². The molecular formula is C39H49Cl3F3N5O7. The number of aromatic hydroxyl groups is 2. The van der Waals surface area contributed by atoms with Gasteiger partial charge in [-0.3, -0.25) is 9.59 Å². The Morgan fingerprint density at radius 3 is 1.51 bits per heavy atom. The maximum absolute atomic E-state index is 13.4. The Bertz CT molecular complexity index is 1770. The number of aliphatic hydroxyl groups is 2. The van der Waals surface area contributed by atoms with Gasteiger partial charge in [-0.1, -0.05) is 30.3 Å². The van der Waals surface area contributed by atoms with Crippen molar-refractivity contribution in [3.8, 4) is 17.2 Å². The van der Waals surface area contributed by atoms with Crippen LogP contribution in [0.15, 0.2) is 78.9 Å². The lowest BCUT2D eigenvalue weighted by atomic mass is 9.81.